The highest BCUT2D eigenvalue weighted by Gasteiger charge is 2.10. The maximum Gasteiger partial charge on any atom is 0.271 e. The van der Waals surface area contributed by atoms with Crippen molar-refractivity contribution in [1.82, 2.24) is 0 Å². The fourth-order valence-electron chi connectivity index (χ4n) is 1.02. The van der Waals surface area contributed by atoms with Crippen LogP contribution in [-0.4, -0.2) is 33.6 Å². The topological polar surface area (TPSA) is 110 Å². The fourth-order valence-corrected chi connectivity index (χ4v) is 1.89. The number of nitrogens with two attached hydrogens (primary N) is 1. The summed E-state index contributed by atoms with van der Waals surface area (Å²) in [5, 5.41) is 28.2. The number of hydrogen-bond acceptors (Lipinski definition) is 6. The highest BCUT2D eigenvalue weighted by atomic mass is 32.2. The number of nitro benzene ring substituents is 1. The van der Waals surface area contributed by atoms with E-state index in [0.717, 1.165) is 0 Å². The molecule has 0 heterocycles. The molecule has 16 heavy (non-hydrogen) atoms. The molecule has 0 aliphatic carbocycles. The lowest BCUT2D eigenvalue weighted by Crippen LogP contribution is -2.14. The van der Waals surface area contributed by atoms with E-state index in [1.54, 1.807) is 0 Å². The van der Waals surface area contributed by atoms with E-state index < -0.39 is 11.0 Å². The molecule has 0 aromatic heterocycles. The number of nitrogens with zero attached hydrogens (tertiary/aromatic N) is 1. The standard InChI is InChI=1S/C9H12N2O4S/c10-8-3-6(11(14)15)1-2-9(8)16-5-7(13)4-12/h1-3,7,12-13H,4-5,10H2. The second kappa shape index (κ2) is 5.69. The van der Waals surface area contributed by atoms with Gasteiger partial charge in [-0.05, 0) is 6.07 Å². The Labute approximate surface area is 96.2 Å². The van der Waals surface area contributed by atoms with Crippen LogP contribution in [0.25, 0.3) is 0 Å². The predicted octanol–water partition coefficient (Wildman–Crippen LogP) is 0.622. The summed E-state index contributed by atoms with van der Waals surface area (Å²) < 4.78 is 0. The maximum atomic E-state index is 10.4. The summed E-state index contributed by atoms with van der Waals surface area (Å²) in [6, 6.07) is 4.15. The molecule has 4 N–H and O–H groups in total. The van der Waals surface area contributed by atoms with Gasteiger partial charge in [-0.15, -0.1) is 11.8 Å². The first kappa shape index (κ1) is 12.8. The van der Waals surface area contributed by atoms with E-state index in [2.05, 4.69) is 0 Å². The third kappa shape index (κ3) is 3.37. The van der Waals surface area contributed by atoms with Crippen LogP contribution >= 0.6 is 11.8 Å². The molecule has 1 rings (SSSR count). The van der Waals surface area contributed by atoms with E-state index in [9.17, 15) is 10.1 Å². The van der Waals surface area contributed by atoms with Gasteiger partial charge in [-0.1, -0.05) is 0 Å². The van der Waals surface area contributed by atoms with Crippen molar-refractivity contribution in [2.24, 2.45) is 0 Å². The summed E-state index contributed by atoms with van der Waals surface area (Å²) in [4.78, 5) is 10.6. The summed E-state index contributed by atoms with van der Waals surface area (Å²) >= 11 is 1.24. The van der Waals surface area contributed by atoms with E-state index >= 15 is 0 Å². The Hall–Kier alpha value is -1.31. The van der Waals surface area contributed by atoms with E-state index in [1.165, 1.54) is 30.0 Å². The highest BCUT2D eigenvalue weighted by molar-refractivity contribution is 7.99. The molecule has 1 atom stereocenters. The lowest BCUT2D eigenvalue weighted by atomic mass is 10.3. The van der Waals surface area contributed by atoms with Gasteiger partial charge in [-0.3, -0.25) is 10.1 Å². The van der Waals surface area contributed by atoms with Crippen molar-refractivity contribution in [3.05, 3.63) is 28.3 Å². The van der Waals surface area contributed by atoms with Crippen molar-refractivity contribution in [3.63, 3.8) is 0 Å². The number of aliphatic hydroxyl groups is 2. The van der Waals surface area contributed by atoms with Crippen LogP contribution < -0.4 is 5.73 Å². The van der Waals surface area contributed by atoms with Crippen LogP contribution in [0.4, 0.5) is 11.4 Å². The van der Waals surface area contributed by atoms with Crippen molar-refractivity contribution < 1.29 is 15.1 Å². The Balaban J connectivity index is 2.72. The molecular weight excluding hydrogens is 232 g/mol. The quantitative estimate of drug-likeness (QED) is 0.303. The average Bonchev–Trinajstić information content (AvgIpc) is 2.26. The molecule has 0 saturated carbocycles. The van der Waals surface area contributed by atoms with Crippen LogP contribution in [0, 0.1) is 10.1 Å². The first-order valence-corrected chi connectivity index (χ1v) is 5.48. The summed E-state index contributed by atoms with van der Waals surface area (Å²) in [6.07, 6.45) is -0.820. The molecule has 0 spiro atoms. The van der Waals surface area contributed by atoms with E-state index in [0.29, 0.717) is 16.3 Å². The third-order valence-corrected chi connectivity index (χ3v) is 3.08. The number of anilines is 1. The number of nitro groups is 1. The molecule has 88 valence electrons. The molecule has 6 nitrogen and oxygen atoms in total. The lowest BCUT2D eigenvalue weighted by Gasteiger charge is -2.08. The van der Waals surface area contributed by atoms with Crippen molar-refractivity contribution in [3.8, 4) is 0 Å². The van der Waals surface area contributed by atoms with Crippen molar-refractivity contribution in [2.45, 2.75) is 11.0 Å². The first-order valence-electron chi connectivity index (χ1n) is 4.50. The molecule has 0 radical (unpaired) electrons. The van der Waals surface area contributed by atoms with Gasteiger partial charge in [0.25, 0.3) is 5.69 Å². The third-order valence-electron chi connectivity index (χ3n) is 1.85. The number of aliphatic hydroxyl groups excluding tert-OH is 2. The Bertz CT molecular complexity index is 386. The predicted molar refractivity (Wildman–Crippen MR) is 61.3 cm³/mol. The van der Waals surface area contributed by atoms with Gasteiger partial charge in [-0.2, -0.15) is 0 Å². The number of hydrogen-bond donors (Lipinski definition) is 3. The monoisotopic (exact) mass is 244 g/mol. The van der Waals surface area contributed by atoms with Crippen LogP contribution in [0.15, 0.2) is 23.1 Å². The van der Waals surface area contributed by atoms with Gasteiger partial charge in [-0.25, -0.2) is 0 Å². The van der Waals surface area contributed by atoms with Gasteiger partial charge in [0.2, 0.25) is 0 Å². The van der Waals surface area contributed by atoms with Gasteiger partial charge in [0.15, 0.2) is 0 Å². The van der Waals surface area contributed by atoms with Crippen LogP contribution in [0.2, 0.25) is 0 Å². The zero-order valence-corrected chi connectivity index (χ0v) is 9.18. The smallest absolute Gasteiger partial charge is 0.271 e. The minimum atomic E-state index is -0.820. The Morgan fingerprint density at radius 1 is 1.56 bits per heavy atom. The summed E-state index contributed by atoms with van der Waals surface area (Å²) in [5.41, 5.74) is 5.85. The Morgan fingerprint density at radius 2 is 2.25 bits per heavy atom. The maximum absolute atomic E-state index is 10.4. The molecule has 1 unspecified atom stereocenters. The van der Waals surface area contributed by atoms with Crippen molar-refractivity contribution in [1.29, 1.82) is 0 Å². The second-order valence-corrected chi connectivity index (χ2v) is 4.19. The minimum absolute atomic E-state index is 0.0652. The molecule has 1 aromatic rings. The van der Waals surface area contributed by atoms with Gasteiger partial charge in [0.05, 0.1) is 23.3 Å². The summed E-state index contributed by atoms with van der Waals surface area (Å²) in [5.74, 6) is 0.290. The number of rotatable bonds is 5. The van der Waals surface area contributed by atoms with E-state index in [-0.39, 0.29) is 12.3 Å². The minimum Gasteiger partial charge on any atom is -0.398 e. The molecule has 0 aliphatic heterocycles. The molecule has 7 heteroatoms. The van der Waals surface area contributed by atoms with Crippen molar-refractivity contribution in [2.75, 3.05) is 18.1 Å². The molecule has 0 aliphatic rings. The zero-order chi connectivity index (χ0) is 12.1. The first-order chi connectivity index (χ1) is 7.54. The van der Waals surface area contributed by atoms with Crippen LogP contribution in [0.5, 0.6) is 0 Å². The molecule has 0 bridgehead atoms. The number of nitrogen functional groups attached to an aromatic ring is 1. The molecule has 0 fully saturated rings. The highest BCUT2D eigenvalue weighted by Crippen LogP contribution is 2.28. The Morgan fingerprint density at radius 3 is 2.75 bits per heavy atom. The van der Waals surface area contributed by atoms with E-state index in [4.69, 9.17) is 15.9 Å². The van der Waals surface area contributed by atoms with Gasteiger partial charge < -0.3 is 15.9 Å². The van der Waals surface area contributed by atoms with Crippen LogP contribution in [-0.2, 0) is 0 Å². The SMILES string of the molecule is Nc1cc([N+](=O)[O-])ccc1SCC(O)CO. The average molecular weight is 244 g/mol. The van der Waals surface area contributed by atoms with Gasteiger partial charge >= 0.3 is 0 Å². The molecule has 0 saturated heterocycles. The summed E-state index contributed by atoms with van der Waals surface area (Å²) in [6.45, 7) is -0.320. The number of benzene rings is 1. The number of thioether (sulfide) groups is 1. The number of non-ortho nitro benzene ring substituents is 1. The van der Waals surface area contributed by atoms with Gasteiger partial charge in [0.1, 0.15) is 0 Å². The molecular formula is C9H12N2O4S. The van der Waals surface area contributed by atoms with Crippen molar-refractivity contribution >= 4 is 23.1 Å². The zero-order valence-electron chi connectivity index (χ0n) is 8.37. The lowest BCUT2D eigenvalue weighted by molar-refractivity contribution is -0.384. The summed E-state index contributed by atoms with van der Waals surface area (Å²) in [7, 11) is 0. The molecule has 0 amide bonds. The van der Waals surface area contributed by atoms with E-state index in [1.807, 2.05) is 0 Å². The largest absolute Gasteiger partial charge is 0.398 e. The van der Waals surface area contributed by atoms with Crippen LogP contribution in [0.3, 0.4) is 0 Å². The normalized spacial score (nSPS) is 12.4. The Kier molecular flexibility index (Phi) is 4.53. The second-order valence-electron chi connectivity index (χ2n) is 3.13. The van der Waals surface area contributed by atoms with Crippen LogP contribution in [0.1, 0.15) is 0 Å². The fraction of sp³-hybridized carbons (Fsp3) is 0.333. The molecule has 1 aromatic carbocycles. The van der Waals surface area contributed by atoms with Gasteiger partial charge in [0, 0.05) is 22.8 Å².